The standard InChI is InChI=1S/C27H39NO2/c1-20-10-9-13-21(16-20)11-7-8-14-24-25-18-22(17-23(25)19-26(24)29)12-5-4-6-15-27(30)28(2)3/h8-10,13-14,16-17,23-26,29H,4-7,11-12,15,18-19H2,1-3H3/t23-,24+,25-,26+/m0/s1. The van der Waals surface area contributed by atoms with Gasteiger partial charge in [-0.15, -0.1) is 0 Å². The molecule has 3 nitrogen and oxygen atoms in total. The number of amides is 1. The summed E-state index contributed by atoms with van der Waals surface area (Å²) in [6.07, 6.45) is 16.1. The highest BCUT2D eigenvalue weighted by Crippen LogP contribution is 2.48. The van der Waals surface area contributed by atoms with E-state index in [9.17, 15) is 9.90 Å². The van der Waals surface area contributed by atoms with Gasteiger partial charge < -0.3 is 10.0 Å². The number of fused-ring (bicyclic) bond motifs is 1. The van der Waals surface area contributed by atoms with E-state index in [2.05, 4.69) is 49.4 Å². The van der Waals surface area contributed by atoms with Crippen LogP contribution in [0.4, 0.5) is 0 Å². The van der Waals surface area contributed by atoms with Crippen molar-refractivity contribution in [1.29, 1.82) is 0 Å². The van der Waals surface area contributed by atoms with Crippen LogP contribution in [0.15, 0.2) is 48.1 Å². The Morgan fingerprint density at radius 3 is 2.80 bits per heavy atom. The Kier molecular flexibility index (Phi) is 8.32. The molecule has 0 saturated heterocycles. The molecule has 0 aliphatic heterocycles. The predicted molar refractivity (Wildman–Crippen MR) is 124 cm³/mol. The first kappa shape index (κ1) is 22.8. The molecule has 1 saturated carbocycles. The van der Waals surface area contributed by atoms with Gasteiger partial charge in [-0.3, -0.25) is 4.79 Å². The quantitative estimate of drug-likeness (QED) is 0.411. The maximum absolute atomic E-state index is 11.6. The maximum atomic E-state index is 11.6. The lowest BCUT2D eigenvalue weighted by Gasteiger charge is -2.18. The fourth-order valence-corrected chi connectivity index (χ4v) is 5.19. The van der Waals surface area contributed by atoms with Gasteiger partial charge in [0.15, 0.2) is 0 Å². The number of hydrogen-bond donors (Lipinski definition) is 1. The molecular formula is C27H39NO2. The highest BCUT2D eigenvalue weighted by molar-refractivity contribution is 5.75. The van der Waals surface area contributed by atoms with Crippen LogP contribution < -0.4 is 0 Å². The van der Waals surface area contributed by atoms with Crippen LogP contribution in [0, 0.1) is 24.7 Å². The van der Waals surface area contributed by atoms with E-state index in [1.54, 1.807) is 10.5 Å². The number of allylic oxidation sites excluding steroid dienone is 3. The first-order valence-corrected chi connectivity index (χ1v) is 11.7. The molecular weight excluding hydrogens is 370 g/mol. The summed E-state index contributed by atoms with van der Waals surface area (Å²) in [5, 5.41) is 10.6. The van der Waals surface area contributed by atoms with Crippen LogP contribution >= 0.6 is 0 Å². The molecule has 1 N–H and O–H groups in total. The number of benzene rings is 1. The summed E-state index contributed by atoms with van der Waals surface area (Å²) in [5.74, 6) is 1.67. The fraction of sp³-hybridized carbons (Fsp3) is 0.593. The molecule has 1 aromatic carbocycles. The second-order valence-corrected chi connectivity index (χ2v) is 9.54. The van der Waals surface area contributed by atoms with Gasteiger partial charge in [0.25, 0.3) is 0 Å². The summed E-state index contributed by atoms with van der Waals surface area (Å²) in [5.41, 5.74) is 4.29. The van der Waals surface area contributed by atoms with Crippen molar-refractivity contribution in [2.45, 2.75) is 70.8 Å². The SMILES string of the molecule is Cc1cccc(CCC=C[C@@H]2[C@H]3CC(CCCCCC(=O)N(C)C)=C[C@H]3C[C@H]2O)c1. The van der Waals surface area contributed by atoms with Crippen LogP contribution in [0.5, 0.6) is 0 Å². The van der Waals surface area contributed by atoms with E-state index in [0.29, 0.717) is 24.2 Å². The van der Waals surface area contributed by atoms with Crippen LogP contribution in [-0.2, 0) is 11.2 Å². The van der Waals surface area contributed by atoms with Crippen molar-refractivity contribution < 1.29 is 9.90 Å². The largest absolute Gasteiger partial charge is 0.392 e. The Morgan fingerprint density at radius 1 is 1.20 bits per heavy atom. The number of rotatable bonds is 10. The van der Waals surface area contributed by atoms with E-state index in [1.807, 2.05) is 14.1 Å². The monoisotopic (exact) mass is 409 g/mol. The van der Waals surface area contributed by atoms with E-state index in [4.69, 9.17) is 0 Å². The zero-order valence-electron chi connectivity index (χ0n) is 19.0. The minimum atomic E-state index is -0.190. The van der Waals surface area contributed by atoms with Gasteiger partial charge in [-0.25, -0.2) is 0 Å². The average Bonchev–Trinajstić information content (AvgIpc) is 3.21. The zero-order valence-corrected chi connectivity index (χ0v) is 19.0. The summed E-state index contributed by atoms with van der Waals surface area (Å²) < 4.78 is 0. The first-order valence-electron chi connectivity index (χ1n) is 11.7. The normalized spacial score (nSPS) is 25.5. The van der Waals surface area contributed by atoms with Crippen molar-refractivity contribution in [2.24, 2.45) is 17.8 Å². The highest BCUT2D eigenvalue weighted by atomic mass is 16.3. The Morgan fingerprint density at radius 2 is 2.03 bits per heavy atom. The van der Waals surface area contributed by atoms with Gasteiger partial charge >= 0.3 is 0 Å². The molecule has 0 unspecified atom stereocenters. The molecule has 0 spiro atoms. The Hall–Kier alpha value is -1.87. The molecule has 2 aliphatic rings. The summed E-state index contributed by atoms with van der Waals surface area (Å²) in [4.78, 5) is 13.3. The lowest BCUT2D eigenvalue weighted by molar-refractivity contribution is -0.128. The van der Waals surface area contributed by atoms with Crippen LogP contribution in [0.1, 0.15) is 62.5 Å². The second-order valence-electron chi connectivity index (χ2n) is 9.54. The predicted octanol–water partition coefficient (Wildman–Crippen LogP) is 5.47. The molecule has 30 heavy (non-hydrogen) atoms. The molecule has 0 radical (unpaired) electrons. The van der Waals surface area contributed by atoms with E-state index in [1.165, 1.54) is 17.5 Å². The average molecular weight is 410 g/mol. The lowest BCUT2D eigenvalue weighted by Crippen LogP contribution is -2.20. The molecule has 0 heterocycles. The van der Waals surface area contributed by atoms with E-state index in [0.717, 1.165) is 44.9 Å². The van der Waals surface area contributed by atoms with Crippen molar-refractivity contribution in [2.75, 3.05) is 14.1 Å². The van der Waals surface area contributed by atoms with Crippen molar-refractivity contribution >= 4 is 5.91 Å². The van der Waals surface area contributed by atoms with Crippen molar-refractivity contribution in [3.63, 3.8) is 0 Å². The smallest absolute Gasteiger partial charge is 0.222 e. The minimum Gasteiger partial charge on any atom is -0.392 e. The third kappa shape index (κ3) is 6.31. The molecule has 3 rings (SSSR count). The number of nitrogens with zero attached hydrogens (tertiary/aromatic N) is 1. The fourth-order valence-electron chi connectivity index (χ4n) is 5.19. The van der Waals surface area contributed by atoms with Crippen LogP contribution in [-0.4, -0.2) is 36.1 Å². The summed E-state index contributed by atoms with van der Waals surface area (Å²) in [7, 11) is 3.65. The van der Waals surface area contributed by atoms with Gasteiger partial charge in [-0.2, -0.15) is 0 Å². The number of aliphatic hydroxyl groups is 1. The summed E-state index contributed by atoms with van der Waals surface area (Å²) in [6.45, 7) is 2.14. The third-order valence-electron chi connectivity index (χ3n) is 6.88. The molecule has 4 atom stereocenters. The second kappa shape index (κ2) is 10.9. The van der Waals surface area contributed by atoms with Gasteiger partial charge in [0.1, 0.15) is 0 Å². The zero-order chi connectivity index (χ0) is 21.5. The Labute approximate surface area is 182 Å². The van der Waals surface area contributed by atoms with Gasteiger partial charge in [-0.1, -0.05) is 60.1 Å². The van der Waals surface area contributed by atoms with Crippen LogP contribution in [0.25, 0.3) is 0 Å². The number of hydrogen-bond acceptors (Lipinski definition) is 2. The van der Waals surface area contributed by atoms with Crippen molar-refractivity contribution in [1.82, 2.24) is 4.90 Å². The number of aliphatic hydroxyl groups excluding tert-OH is 1. The van der Waals surface area contributed by atoms with Gasteiger partial charge in [0.2, 0.25) is 5.91 Å². The lowest BCUT2D eigenvalue weighted by atomic mass is 9.88. The third-order valence-corrected chi connectivity index (χ3v) is 6.88. The van der Waals surface area contributed by atoms with E-state index < -0.39 is 0 Å². The molecule has 3 heteroatoms. The molecule has 164 valence electrons. The molecule has 0 bridgehead atoms. The molecule has 1 aromatic rings. The van der Waals surface area contributed by atoms with Crippen LogP contribution in [0.2, 0.25) is 0 Å². The summed E-state index contributed by atoms with van der Waals surface area (Å²) >= 11 is 0. The number of carbonyl (C=O) groups excluding carboxylic acids is 1. The van der Waals surface area contributed by atoms with Crippen molar-refractivity contribution in [3.8, 4) is 0 Å². The highest BCUT2D eigenvalue weighted by Gasteiger charge is 2.42. The molecule has 2 aliphatic carbocycles. The molecule has 1 amide bonds. The minimum absolute atomic E-state index is 0.190. The van der Waals surface area contributed by atoms with Crippen LogP contribution in [0.3, 0.4) is 0 Å². The molecule has 1 fully saturated rings. The topological polar surface area (TPSA) is 40.5 Å². The number of carbonyl (C=O) groups is 1. The van der Waals surface area contributed by atoms with Gasteiger partial charge in [-0.05, 0) is 69.3 Å². The van der Waals surface area contributed by atoms with Gasteiger partial charge in [0, 0.05) is 26.4 Å². The van der Waals surface area contributed by atoms with E-state index >= 15 is 0 Å². The number of unbranched alkanes of at least 4 members (excludes halogenated alkanes) is 2. The first-order chi connectivity index (χ1) is 14.4. The van der Waals surface area contributed by atoms with Crippen molar-refractivity contribution in [3.05, 3.63) is 59.2 Å². The maximum Gasteiger partial charge on any atom is 0.222 e. The number of aryl methyl sites for hydroxylation is 2. The Balaban J connectivity index is 1.39. The summed E-state index contributed by atoms with van der Waals surface area (Å²) in [6, 6.07) is 8.73. The van der Waals surface area contributed by atoms with E-state index in [-0.39, 0.29) is 12.0 Å². The molecule has 0 aromatic heterocycles. The Bertz CT molecular complexity index is 764. The van der Waals surface area contributed by atoms with Gasteiger partial charge in [0.05, 0.1) is 6.10 Å².